The van der Waals surface area contributed by atoms with E-state index < -0.39 is 5.82 Å². The molecule has 3 rings (SSSR count). The van der Waals surface area contributed by atoms with Crippen LogP contribution in [0.25, 0.3) is 10.9 Å². The lowest BCUT2D eigenvalue weighted by Crippen LogP contribution is -2.33. The number of hydrogen-bond acceptors (Lipinski definition) is 6. The molecule has 2 N–H and O–H groups in total. The SMILES string of the molecule is CSc1nc(O)c2c(OCC3CCCCCN3)c(Cl)c(Br)c(F)c2n1. The van der Waals surface area contributed by atoms with Crippen LogP contribution >= 0.6 is 39.3 Å². The van der Waals surface area contributed by atoms with Gasteiger partial charge in [0.05, 0.1) is 4.47 Å². The predicted molar refractivity (Wildman–Crippen MR) is 101 cm³/mol. The van der Waals surface area contributed by atoms with E-state index >= 15 is 0 Å². The number of ether oxygens (including phenoxy) is 1. The number of thioether (sulfide) groups is 1. The van der Waals surface area contributed by atoms with Crippen LogP contribution in [0.5, 0.6) is 11.6 Å². The average molecular weight is 451 g/mol. The number of benzene rings is 1. The van der Waals surface area contributed by atoms with Gasteiger partial charge in [-0.1, -0.05) is 36.2 Å². The molecule has 1 aromatic carbocycles. The minimum atomic E-state index is -0.645. The van der Waals surface area contributed by atoms with Gasteiger partial charge in [-0.25, -0.2) is 9.37 Å². The minimum absolute atomic E-state index is 0.0167. The van der Waals surface area contributed by atoms with Gasteiger partial charge in [-0.15, -0.1) is 0 Å². The number of rotatable bonds is 4. The van der Waals surface area contributed by atoms with E-state index in [1.54, 1.807) is 6.26 Å². The molecule has 0 radical (unpaired) electrons. The first-order valence-corrected chi connectivity index (χ1v) is 10.4. The Morgan fingerprint density at radius 1 is 1.40 bits per heavy atom. The Labute approximate surface area is 162 Å². The van der Waals surface area contributed by atoms with E-state index in [1.165, 1.54) is 18.2 Å². The smallest absolute Gasteiger partial charge is 0.226 e. The lowest BCUT2D eigenvalue weighted by atomic mass is 10.1. The molecule has 0 saturated carbocycles. The highest BCUT2D eigenvalue weighted by Crippen LogP contribution is 2.44. The van der Waals surface area contributed by atoms with Gasteiger partial charge in [0.1, 0.15) is 22.5 Å². The quantitative estimate of drug-likeness (QED) is 0.405. The molecule has 1 atom stereocenters. The Bertz CT molecular complexity index is 788. The van der Waals surface area contributed by atoms with Crippen molar-refractivity contribution in [3.8, 4) is 11.6 Å². The van der Waals surface area contributed by atoms with Crippen molar-refractivity contribution in [3.63, 3.8) is 0 Å². The van der Waals surface area contributed by atoms with E-state index in [-0.39, 0.29) is 43.2 Å². The third kappa shape index (κ3) is 3.97. The molecule has 2 aromatic rings. The van der Waals surface area contributed by atoms with E-state index in [0.29, 0.717) is 6.61 Å². The Balaban J connectivity index is 2.01. The van der Waals surface area contributed by atoms with Crippen molar-refractivity contribution in [2.45, 2.75) is 36.9 Å². The van der Waals surface area contributed by atoms with Gasteiger partial charge in [-0.05, 0) is 41.6 Å². The topological polar surface area (TPSA) is 67.3 Å². The number of nitrogens with one attached hydrogen (secondary N) is 1. The number of halogens is 3. The summed E-state index contributed by atoms with van der Waals surface area (Å²) in [5.74, 6) is -0.791. The van der Waals surface area contributed by atoms with E-state index in [1.807, 2.05) is 0 Å². The number of aromatic nitrogens is 2. The van der Waals surface area contributed by atoms with E-state index in [0.717, 1.165) is 25.8 Å². The zero-order valence-corrected chi connectivity index (χ0v) is 16.8. The lowest BCUT2D eigenvalue weighted by molar-refractivity contribution is 0.263. The zero-order chi connectivity index (χ0) is 18.0. The maximum absolute atomic E-state index is 14.6. The van der Waals surface area contributed by atoms with Crippen LogP contribution in [0.4, 0.5) is 4.39 Å². The summed E-state index contributed by atoms with van der Waals surface area (Å²) in [5, 5.41) is 14.1. The van der Waals surface area contributed by atoms with Crippen LogP contribution < -0.4 is 10.1 Å². The molecular weight excluding hydrogens is 433 g/mol. The molecule has 0 spiro atoms. The molecule has 2 heterocycles. The van der Waals surface area contributed by atoms with Gasteiger partial charge in [-0.3, -0.25) is 0 Å². The van der Waals surface area contributed by atoms with E-state index in [9.17, 15) is 9.50 Å². The first-order valence-electron chi connectivity index (χ1n) is 8.00. The monoisotopic (exact) mass is 449 g/mol. The fourth-order valence-corrected chi connectivity index (χ4v) is 3.82. The summed E-state index contributed by atoms with van der Waals surface area (Å²) in [4.78, 5) is 8.13. The fraction of sp³-hybridized carbons (Fsp3) is 0.500. The number of hydrogen-bond donors (Lipinski definition) is 2. The minimum Gasteiger partial charge on any atom is -0.493 e. The Morgan fingerprint density at radius 2 is 2.20 bits per heavy atom. The highest BCUT2D eigenvalue weighted by atomic mass is 79.9. The Hall–Kier alpha value is -0.830. The number of fused-ring (bicyclic) bond motifs is 1. The van der Waals surface area contributed by atoms with Gasteiger partial charge in [0.15, 0.2) is 16.7 Å². The third-order valence-corrected chi connectivity index (χ3v) is 6.04. The van der Waals surface area contributed by atoms with Gasteiger partial charge in [0.25, 0.3) is 0 Å². The van der Waals surface area contributed by atoms with Crippen LogP contribution in [-0.2, 0) is 0 Å². The van der Waals surface area contributed by atoms with Crippen molar-refractivity contribution in [2.24, 2.45) is 0 Å². The van der Waals surface area contributed by atoms with E-state index in [2.05, 4.69) is 31.2 Å². The molecule has 136 valence electrons. The molecule has 1 saturated heterocycles. The maximum atomic E-state index is 14.6. The summed E-state index contributed by atoms with van der Waals surface area (Å²) < 4.78 is 20.5. The molecule has 0 amide bonds. The molecule has 1 fully saturated rings. The standard InChI is InChI=1S/C16H18BrClFN3O2S/c1-25-16-21-13-9(15(23)22-16)14(11(18)10(17)12(13)19)24-7-8-5-3-2-4-6-20-8/h8,20H,2-7H2,1H3,(H,21,22,23). The molecule has 9 heteroatoms. The van der Waals surface area contributed by atoms with Crippen molar-refractivity contribution in [1.29, 1.82) is 0 Å². The molecule has 1 unspecified atom stereocenters. The van der Waals surface area contributed by atoms with Crippen LogP contribution in [0.3, 0.4) is 0 Å². The first-order chi connectivity index (χ1) is 12.0. The van der Waals surface area contributed by atoms with Crippen LogP contribution in [0.15, 0.2) is 9.63 Å². The van der Waals surface area contributed by atoms with Gasteiger partial charge in [0, 0.05) is 6.04 Å². The van der Waals surface area contributed by atoms with Crippen molar-refractivity contribution in [1.82, 2.24) is 15.3 Å². The van der Waals surface area contributed by atoms with Crippen LogP contribution in [0.2, 0.25) is 5.02 Å². The van der Waals surface area contributed by atoms with Gasteiger partial charge in [-0.2, -0.15) is 4.98 Å². The summed E-state index contributed by atoms with van der Waals surface area (Å²) in [6.07, 6.45) is 6.22. The summed E-state index contributed by atoms with van der Waals surface area (Å²) in [6.45, 7) is 1.32. The highest BCUT2D eigenvalue weighted by Gasteiger charge is 2.24. The molecule has 5 nitrogen and oxygen atoms in total. The summed E-state index contributed by atoms with van der Waals surface area (Å²) in [7, 11) is 0. The summed E-state index contributed by atoms with van der Waals surface area (Å²) in [5.41, 5.74) is -0.0167. The number of aromatic hydroxyl groups is 1. The highest BCUT2D eigenvalue weighted by molar-refractivity contribution is 9.10. The molecule has 1 aliphatic rings. The van der Waals surface area contributed by atoms with Crippen LogP contribution in [0.1, 0.15) is 25.7 Å². The second kappa shape index (κ2) is 8.24. The van der Waals surface area contributed by atoms with Crippen molar-refractivity contribution >= 4 is 50.2 Å². The van der Waals surface area contributed by atoms with Crippen molar-refractivity contribution in [2.75, 3.05) is 19.4 Å². The molecule has 0 aliphatic carbocycles. The molecule has 1 aromatic heterocycles. The van der Waals surface area contributed by atoms with Crippen LogP contribution in [0, 0.1) is 5.82 Å². The largest absolute Gasteiger partial charge is 0.493 e. The van der Waals surface area contributed by atoms with Crippen molar-refractivity contribution < 1.29 is 14.2 Å². The third-order valence-electron chi connectivity index (χ3n) is 4.16. The lowest BCUT2D eigenvalue weighted by Gasteiger charge is -2.19. The second-order valence-corrected chi connectivity index (χ2v) is 7.78. The predicted octanol–water partition coefficient (Wildman–Crippen LogP) is 4.52. The van der Waals surface area contributed by atoms with Gasteiger partial charge >= 0.3 is 0 Å². The second-order valence-electron chi connectivity index (χ2n) is 5.84. The van der Waals surface area contributed by atoms with Gasteiger partial charge in [0.2, 0.25) is 5.88 Å². The number of nitrogens with zero attached hydrogens (tertiary/aromatic N) is 2. The van der Waals surface area contributed by atoms with Gasteiger partial charge < -0.3 is 15.2 Å². The Morgan fingerprint density at radius 3 is 2.96 bits per heavy atom. The molecule has 25 heavy (non-hydrogen) atoms. The normalized spacial score (nSPS) is 18.3. The molecule has 0 bridgehead atoms. The Kier molecular flexibility index (Phi) is 6.25. The molecular formula is C16H18BrClFN3O2S. The zero-order valence-electron chi connectivity index (χ0n) is 13.6. The van der Waals surface area contributed by atoms with E-state index in [4.69, 9.17) is 16.3 Å². The maximum Gasteiger partial charge on any atom is 0.226 e. The fourth-order valence-electron chi connectivity index (χ4n) is 2.86. The summed E-state index contributed by atoms with van der Waals surface area (Å²) in [6, 6.07) is 0.186. The van der Waals surface area contributed by atoms with Crippen LogP contribution in [-0.4, -0.2) is 40.5 Å². The van der Waals surface area contributed by atoms with Crippen molar-refractivity contribution in [3.05, 3.63) is 15.3 Å². The molecule has 1 aliphatic heterocycles. The summed E-state index contributed by atoms with van der Waals surface area (Å²) >= 11 is 10.6. The first kappa shape index (κ1) is 18.9. The average Bonchev–Trinajstić information content (AvgIpc) is 2.88.